The molecule has 0 saturated carbocycles. The van der Waals surface area contributed by atoms with Crippen LogP contribution >= 0.6 is 11.6 Å². The third-order valence-electron chi connectivity index (χ3n) is 8.68. The second-order valence-corrected chi connectivity index (χ2v) is 12.3. The number of piperidine rings is 1. The largest absolute Gasteiger partial charge is 0.348 e. The summed E-state index contributed by atoms with van der Waals surface area (Å²) in [6.07, 6.45) is 5.99. The van der Waals surface area contributed by atoms with Crippen LogP contribution < -0.4 is 5.32 Å². The van der Waals surface area contributed by atoms with Gasteiger partial charge in [-0.1, -0.05) is 17.7 Å². The SMILES string of the molecule is CN(C)C(=O)c1cc2c(-c3cc(F)c([C@@H]4CCNCC4(F)F)cc3Cl)cc(C3=CCCN(C(=O)CCn4cccn4)C3)c(F)c2[nH]1. The van der Waals surface area contributed by atoms with Gasteiger partial charge >= 0.3 is 0 Å². The lowest BCUT2D eigenvalue weighted by Crippen LogP contribution is -2.44. The van der Waals surface area contributed by atoms with Crippen molar-refractivity contribution in [1.82, 2.24) is 29.9 Å². The number of aromatic amines is 1. The lowest BCUT2D eigenvalue weighted by Gasteiger charge is -2.32. The maximum Gasteiger partial charge on any atom is 0.269 e. The number of nitrogens with zero attached hydrogens (tertiary/aromatic N) is 4. The molecule has 0 radical (unpaired) electrons. The zero-order valence-electron chi connectivity index (χ0n) is 25.3. The Kier molecular flexibility index (Phi) is 8.68. The molecule has 2 aliphatic heterocycles. The van der Waals surface area contributed by atoms with Gasteiger partial charge in [-0.3, -0.25) is 14.3 Å². The second-order valence-electron chi connectivity index (χ2n) is 11.9. The van der Waals surface area contributed by atoms with Crippen LogP contribution in [0, 0.1) is 11.6 Å². The van der Waals surface area contributed by atoms with Crippen LogP contribution in [0.15, 0.2) is 48.8 Å². The summed E-state index contributed by atoms with van der Waals surface area (Å²) in [4.78, 5) is 31.8. The molecule has 2 aromatic heterocycles. The van der Waals surface area contributed by atoms with Gasteiger partial charge in [-0.2, -0.15) is 5.10 Å². The van der Waals surface area contributed by atoms with Crippen molar-refractivity contribution in [3.63, 3.8) is 0 Å². The number of halogens is 5. The monoisotopic (exact) mass is 656 g/mol. The fourth-order valence-corrected chi connectivity index (χ4v) is 6.55. The lowest BCUT2D eigenvalue weighted by atomic mass is 9.85. The summed E-state index contributed by atoms with van der Waals surface area (Å²) in [5.41, 5.74) is 1.10. The highest BCUT2D eigenvalue weighted by molar-refractivity contribution is 6.34. The summed E-state index contributed by atoms with van der Waals surface area (Å²) >= 11 is 6.71. The summed E-state index contributed by atoms with van der Waals surface area (Å²) in [6.45, 7) is 0.741. The fourth-order valence-electron chi connectivity index (χ4n) is 6.28. The summed E-state index contributed by atoms with van der Waals surface area (Å²) in [7, 11) is 3.12. The van der Waals surface area contributed by atoms with E-state index < -0.39 is 35.9 Å². The van der Waals surface area contributed by atoms with Crippen LogP contribution in [0.1, 0.15) is 46.8 Å². The number of hydrogen-bond acceptors (Lipinski definition) is 4. The van der Waals surface area contributed by atoms with Crippen LogP contribution in [0.4, 0.5) is 17.6 Å². The lowest BCUT2D eigenvalue weighted by molar-refractivity contribution is -0.131. The number of fused-ring (bicyclic) bond motifs is 1. The summed E-state index contributed by atoms with van der Waals surface area (Å²) in [5.74, 6) is -6.54. The molecule has 0 aliphatic carbocycles. The van der Waals surface area contributed by atoms with Gasteiger partial charge in [0.15, 0.2) is 5.82 Å². The number of aromatic nitrogens is 3. The van der Waals surface area contributed by atoms with Gasteiger partial charge in [-0.25, -0.2) is 17.6 Å². The van der Waals surface area contributed by atoms with Gasteiger partial charge in [0, 0.05) is 74.1 Å². The molecule has 0 unspecified atom stereocenters. The fraction of sp³-hybridized carbons (Fsp3) is 0.364. The number of aryl methyl sites for hydroxylation is 1. The van der Waals surface area contributed by atoms with Crippen LogP contribution in [0.2, 0.25) is 5.02 Å². The molecule has 1 atom stereocenters. The first-order valence-corrected chi connectivity index (χ1v) is 15.4. The Morgan fingerprint density at radius 2 is 1.93 bits per heavy atom. The molecule has 46 heavy (non-hydrogen) atoms. The Labute approximate surface area is 268 Å². The number of hydrogen-bond donors (Lipinski definition) is 2. The summed E-state index contributed by atoms with van der Waals surface area (Å²) < 4.78 is 63.3. The molecule has 2 aromatic carbocycles. The minimum atomic E-state index is -3.17. The number of carbonyl (C=O) groups excluding carboxylic acids is 2. The second kappa shape index (κ2) is 12.6. The number of amides is 2. The van der Waals surface area contributed by atoms with Crippen molar-refractivity contribution in [2.75, 3.05) is 40.3 Å². The molecular formula is C33H33ClF4N6O2. The molecule has 242 valence electrons. The number of nitrogens with one attached hydrogen (secondary N) is 2. The number of carbonyl (C=O) groups is 2. The highest BCUT2D eigenvalue weighted by Gasteiger charge is 2.44. The van der Waals surface area contributed by atoms with Gasteiger partial charge < -0.3 is 20.1 Å². The van der Waals surface area contributed by atoms with Gasteiger partial charge in [-0.15, -0.1) is 0 Å². The number of H-pyrrole nitrogens is 1. The minimum Gasteiger partial charge on any atom is -0.348 e. The van der Waals surface area contributed by atoms with Crippen molar-refractivity contribution in [2.45, 2.75) is 37.6 Å². The van der Waals surface area contributed by atoms with Crippen LogP contribution in [0.5, 0.6) is 0 Å². The van der Waals surface area contributed by atoms with Crippen molar-refractivity contribution in [3.05, 3.63) is 82.3 Å². The van der Waals surface area contributed by atoms with Crippen LogP contribution in [-0.2, 0) is 11.3 Å². The molecule has 0 bridgehead atoms. The molecule has 4 aromatic rings. The van der Waals surface area contributed by atoms with Gasteiger partial charge in [0.2, 0.25) is 5.91 Å². The smallest absolute Gasteiger partial charge is 0.269 e. The Bertz CT molecular complexity index is 1840. The number of alkyl halides is 2. The summed E-state index contributed by atoms with van der Waals surface area (Å²) in [6, 6.07) is 7.10. The first kappa shape index (κ1) is 31.8. The molecule has 13 heteroatoms. The summed E-state index contributed by atoms with van der Waals surface area (Å²) in [5, 5.41) is 7.06. The first-order chi connectivity index (χ1) is 21.9. The molecule has 4 heterocycles. The van der Waals surface area contributed by atoms with E-state index in [2.05, 4.69) is 15.4 Å². The van der Waals surface area contributed by atoms with E-state index in [1.165, 1.54) is 23.1 Å². The van der Waals surface area contributed by atoms with E-state index in [1.807, 2.05) is 6.08 Å². The van der Waals surface area contributed by atoms with Crippen LogP contribution in [0.3, 0.4) is 0 Å². The van der Waals surface area contributed by atoms with E-state index >= 15 is 8.78 Å². The van der Waals surface area contributed by atoms with Gasteiger partial charge in [-0.05, 0) is 66.4 Å². The van der Waals surface area contributed by atoms with E-state index in [0.29, 0.717) is 37.2 Å². The van der Waals surface area contributed by atoms with Crippen molar-refractivity contribution in [1.29, 1.82) is 0 Å². The van der Waals surface area contributed by atoms with E-state index in [4.69, 9.17) is 11.6 Å². The van der Waals surface area contributed by atoms with E-state index in [-0.39, 0.29) is 63.6 Å². The molecule has 1 fully saturated rings. The van der Waals surface area contributed by atoms with Crippen molar-refractivity contribution in [2.24, 2.45) is 0 Å². The Hall–Kier alpha value is -4.16. The molecule has 8 nitrogen and oxygen atoms in total. The molecule has 2 aliphatic rings. The van der Waals surface area contributed by atoms with Gasteiger partial charge in [0.25, 0.3) is 11.8 Å². The zero-order chi connectivity index (χ0) is 32.7. The average Bonchev–Trinajstić information content (AvgIpc) is 3.72. The number of rotatable bonds is 7. The Morgan fingerprint density at radius 3 is 2.65 bits per heavy atom. The predicted octanol–water partition coefficient (Wildman–Crippen LogP) is 6.08. The standard InChI is InChI=1S/C33H33ClF4N6O2/c1-42(2)32(46)28-16-23-21(22-15-27(35)24(14-26(22)34)25-6-9-39-18-33(25,37)38)13-20(30(36)31(23)41-28)19-5-3-10-43(17-19)29(45)7-12-44-11-4-8-40-44/h4-5,8,11,13-16,25,39,41H,3,6-7,9-10,12,17-18H2,1-2H3/t25-/m0/s1. The maximum atomic E-state index is 16.4. The quantitative estimate of drug-likeness (QED) is 0.236. The molecular weight excluding hydrogens is 624 g/mol. The highest BCUT2D eigenvalue weighted by atomic mass is 35.5. The maximum absolute atomic E-state index is 16.4. The zero-order valence-corrected chi connectivity index (χ0v) is 26.1. The van der Waals surface area contributed by atoms with E-state index in [9.17, 15) is 18.4 Å². The van der Waals surface area contributed by atoms with Gasteiger partial charge in [0.1, 0.15) is 11.5 Å². The van der Waals surface area contributed by atoms with Crippen molar-refractivity contribution < 1.29 is 27.2 Å². The molecule has 6 rings (SSSR count). The van der Waals surface area contributed by atoms with Crippen molar-refractivity contribution in [3.8, 4) is 11.1 Å². The van der Waals surface area contributed by atoms with Crippen LogP contribution in [-0.4, -0.2) is 82.6 Å². The molecule has 2 N–H and O–H groups in total. The van der Waals surface area contributed by atoms with E-state index in [1.54, 1.807) is 42.1 Å². The molecule has 1 saturated heterocycles. The Balaban J connectivity index is 1.42. The normalized spacial score (nSPS) is 18.1. The van der Waals surface area contributed by atoms with E-state index in [0.717, 1.165) is 6.07 Å². The van der Waals surface area contributed by atoms with Gasteiger partial charge in [0.05, 0.1) is 18.0 Å². The highest BCUT2D eigenvalue weighted by Crippen LogP contribution is 2.44. The minimum absolute atomic E-state index is 0.00571. The topological polar surface area (TPSA) is 86.3 Å². The third kappa shape index (κ3) is 6.03. The molecule has 2 amide bonds. The predicted molar refractivity (Wildman–Crippen MR) is 168 cm³/mol. The first-order valence-electron chi connectivity index (χ1n) is 15.0. The average molecular weight is 657 g/mol. The van der Waals surface area contributed by atoms with Crippen molar-refractivity contribution >= 4 is 39.9 Å². The van der Waals surface area contributed by atoms with Crippen LogP contribution in [0.25, 0.3) is 27.6 Å². The third-order valence-corrected chi connectivity index (χ3v) is 9.00. The Morgan fingerprint density at radius 1 is 1.13 bits per heavy atom. The molecule has 0 spiro atoms. The number of benzene rings is 2.